The van der Waals surface area contributed by atoms with Gasteiger partial charge in [0, 0.05) is 16.5 Å². The number of rotatable bonds is 4. The Kier molecular flexibility index (Phi) is 5.24. The van der Waals surface area contributed by atoms with Crippen LogP contribution in [-0.4, -0.2) is 22.9 Å². The second kappa shape index (κ2) is 7.45. The zero-order chi connectivity index (χ0) is 19.6. The van der Waals surface area contributed by atoms with Crippen LogP contribution in [-0.2, 0) is 5.41 Å². The summed E-state index contributed by atoms with van der Waals surface area (Å²) < 4.78 is 12.4. The van der Waals surface area contributed by atoms with E-state index in [9.17, 15) is 4.79 Å². The van der Waals surface area contributed by atoms with Crippen LogP contribution >= 0.6 is 11.6 Å². The molecule has 0 bridgehead atoms. The van der Waals surface area contributed by atoms with Crippen molar-refractivity contribution in [1.29, 1.82) is 0 Å². The summed E-state index contributed by atoms with van der Waals surface area (Å²) in [5, 5.41) is 5.26. The third-order valence-corrected chi connectivity index (χ3v) is 4.29. The third kappa shape index (κ3) is 4.31. The van der Waals surface area contributed by atoms with Gasteiger partial charge in [-0.3, -0.25) is 0 Å². The molecule has 0 fully saturated rings. The largest absolute Gasteiger partial charge is 0.497 e. The normalized spacial score (nSPS) is 11.3. The van der Waals surface area contributed by atoms with Crippen molar-refractivity contribution in [2.45, 2.75) is 26.2 Å². The second-order valence-electron chi connectivity index (χ2n) is 7.12. The number of hydrogen-bond donors (Lipinski definition) is 0. The number of carbonyl (C=O) groups is 1. The van der Waals surface area contributed by atoms with Gasteiger partial charge in [0.15, 0.2) is 0 Å². The van der Waals surface area contributed by atoms with Crippen LogP contribution in [0.25, 0.3) is 5.69 Å². The first kappa shape index (κ1) is 19.0. The van der Waals surface area contributed by atoms with Crippen molar-refractivity contribution in [1.82, 2.24) is 9.78 Å². The zero-order valence-corrected chi connectivity index (χ0v) is 16.4. The monoisotopic (exact) mass is 384 g/mol. The number of carbonyl (C=O) groups excluding carboxylic acids is 1. The number of aromatic nitrogens is 2. The fourth-order valence-corrected chi connectivity index (χ4v) is 2.58. The number of ether oxygens (including phenoxy) is 2. The molecule has 0 unspecified atom stereocenters. The Balaban J connectivity index is 1.96. The van der Waals surface area contributed by atoms with Crippen LogP contribution in [0.3, 0.4) is 0 Å². The van der Waals surface area contributed by atoms with Crippen molar-refractivity contribution in [2.24, 2.45) is 0 Å². The number of benzene rings is 2. The molecule has 0 aliphatic carbocycles. The van der Waals surface area contributed by atoms with Crippen molar-refractivity contribution in [3.05, 3.63) is 70.9 Å². The molecule has 6 heteroatoms. The Morgan fingerprint density at radius 2 is 1.67 bits per heavy atom. The highest BCUT2D eigenvalue weighted by Gasteiger charge is 2.23. The van der Waals surface area contributed by atoms with E-state index in [2.05, 4.69) is 25.9 Å². The molecular formula is C21H21ClN2O3. The maximum atomic E-state index is 12.6. The van der Waals surface area contributed by atoms with Gasteiger partial charge in [-0.2, -0.15) is 5.10 Å². The van der Waals surface area contributed by atoms with Crippen molar-refractivity contribution >= 4 is 17.6 Å². The van der Waals surface area contributed by atoms with Gasteiger partial charge < -0.3 is 9.47 Å². The van der Waals surface area contributed by atoms with E-state index >= 15 is 0 Å². The molecular weight excluding hydrogens is 364 g/mol. The van der Waals surface area contributed by atoms with Crippen LogP contribution in [0, 0.1) is 0 Å². The third-order valence-electron chi connectivity index (χ3n) is 4.04. The fourth-order valence-electron chi connectivity index (χ4n) is 2.45. The van der Waals surface area contributed by atoms with Gasteiger partial charge in [0.25, 0.3) is 0 Å². The van der Waals surface area contributed by atoms with Crippen LogP contribution in [0.1, 0.15) is 36.8 Å². The summed E-state index contributed by atoms with van der Waals surface area (Å²) in [7, 11) is 1.58. The fraction of sp³-hybridized carbons (Fsp3) is 0.238. The highest BCUT2D eigenvalue weighted by atomic mass is 35.5. The zero-order valence-electron chi connectivity index (χ0n) is 15.7. The van der Waals surface area contributed by atoms with Crippen molar-refractivity contribution < 1.29 is 14.3 Å². The molecule has 0 atom stereocenters. The maximum absolute atomic E-state index is 12.6. The first-order valence-electron chi connectivity index (χ1n) is 8.50. The van der Waals surface area contributed by atoms with Crippen molar-refractivity contribution in [2.75, 3.05) is 7.11 Å². The van der Waals surface area contributed by atoms with Crippen LogP contribution in [0.15, 0.2) is 54.6 Å². The molecule has 0 amide bonds. The minimum Gasteiger partial charge on any atom is -0.497 e. The van der Waals surface area contributed by atoms with Gasteiger partial charge in [0.05, 0.1) is 24.1 Å². The number of methoxy groups -OCH3 is 1. The van der Waals surface area contributed by atoms with Crippen LogP contribution in [0.4, 0.5) is 0 Å². The first-order chi connectivity index (χ1) is 12.8. The molecule has 2 aromatic carbocycles. The Bertz CT molecular complexity index is 939. The summed E-state index contributed by atoms with van der Waals surface area (Å²) >= 11 is 5.98. The van der Waals surface area contributed by atoms with Crippen LogP contribution in [0.2, 0.25) is 5.02 Å². The summed E-state index contributed by atoms with van der Waals surface area (Å²) in [6, 6.07) is 15.7. The van der Waals surface area contributed by atoms with E-state index in [1.165, 1.54) is 0 Å². The van der Waals surface area contributed by atoms with E-state index in [1.807, 2.05) is 12.1 Å². The smallest absolute Gasteiger partial charge is 0.344 e. The number of esters is 1. The van der Waals surface area contributed by atoms with Gasteiger partial charge in [-0.15, -0.1) is 0 Å². The predicted octanol–water partition coefficient (Wildman–Crippen LogP) is 5.05. The predicted molar refractivity (Wildman–Crippen MR) is 105 cm³/mol. The van der Waals surface area contributed by atoms with E-state index in [0.717, 1.165) is 11.4 Å². The summed E-state index contributed by atoms with van der Waals surface area (Å²) in [4.78, 5) is 12.6. The lowest BCUT2D eigenvalue weighted by atomic mass is 9.93. The van der Waals surface area contributed by atoms with Gasteiger partial charge in [-0.25, -0.2) is 9.48 Å². The first-order valence-corrected chi connectivity index (χ1v) is 8.88. The van der Waals surface area contributed by atoms with E-state index in [1.54, 1.807) is 54.3 Å². The average molecular weight is 385 g/mol. The molecule has 0 radical (unpaired) electrons. The summed E-state index contributed by atoms with van der Waals surface area (Å²) in [6.07, 6.45) is 0. The lowest BCUT2D eigenvalue weighted by molar-refractivity contribution is 0.0723. The Hall–Kier alpha value is -2.79. The summed E-state index contributed by atoms with van der Waals surface area (Å²) in [5.41, 5.74) is 1.80. The van der Waals surface area contributed by atoms with E-state index < -0.39 is 5.97 Å². The van der Waals surface area contributed by atoms with Gasteiger partial charge in [0.1, 0.15) is 5.75 Å². The molecule has 0 N–H and O–H groups in total. The Labute approximate surface area is 163 Å². The highest BCUT2D eigenvalue weighted by molar-refractivity contribution is 6.30. The number of halogens is 1. The minimum absolute atomic E-state index is 0.195. The Morgan fingerprint density at radius 1 is 1.04 bits per heavy atom. The molecule has 140 valence electrons. The quantitative estimate of drug-likeness (QED) is 0.590. The second-order valence-corrected chi connectivity index (χ2v) is 7.56. The average Bonchev–Trinajstić information content (AvgIpc) is 3.06. The van der Waals surface area contributed by atoms with Crippen molar-refractivity contribution in [3.8, 4) is 17.3 Å². The molecule has 0 aliphatic heterocycles. The van der Waals surface area contributed by atoms with Gasteiger partial charge in [-0.1, -0.05) is 32.4 Å². The van der Waals surface area contributed by atoms with Crippen molar-refractivity contribution in [3.63, 3.8) is 0 Å². The Morgan fingerprint density at radius 3 is 2.22 bits per heavy atom. The summed E-state index contributed by atoms with van der Waals surface area (Å²) in [6.45, 7) is 6.16. The highest BCUT2D eigenvalue weighted by Crippen LogP contribution is 2.28. The van der Waals surface area contributed by atoms with E-state index in [-0.39, 0.29) is 5.41 Å². The minimum atomic E-state index is -0.465. The molecule has 0 spiro atoms. The standard InChI is InChI=1S/C21H21ClN2O3/c1-21(2,3)18-13-19(24(23-18)16-9-7-15(22)8-10-16)27-20(25)14-5-11-17(26-4)12-6-14/h5-13H,1-4H3. The molecule has 5 nitrogen and oxygen atoms in total. The molecule has 1 aromatic heterocycles. The van der Waals surface area contributed by atoms with Gasteiger partial charge >= 0.3 is 5.97 Å². The maximum Gasteiger partial charge on any atom is 0.344 e. The summed E-state index contributed by atoms with van der Waals surface area (Å²) in [5.74, 6) is 0.559. The van der Waals surface area contributed by atoms with E-state index in [4.69, 9.17) is 21.1 Å². The topological polar surface area (TPSA) is 53.4 Å². The molecule has 3 rings (SSSR count). The van der Waals surface area contributed by atoms with Crippen LogP contribution in [0.5, 0.6) is 11.6 Å². The SMILES string of the molecule is COc1ccc(C(=O)Oc2cc(C(C)(C)C)nn2-c2ccc(Cl)cc2)cc1. The lowest BCUT2D eigenvalue weighted by Crippen LogP contribution is -2.13. The van der Waals surface area contributed by atoms with E-state index in [0.29, 0.717) is 22.2 Å². The molecule has 3 aromatic rings. The van der Waals surface area contributed by atoms with Crippen LogP contribution < -0.4 is 9.47 Å². The molecule has 0 aliphatic rings. The molecule has 27 heavy (non-hydrogen) atoms. The number of hydrogen-bond acceptors (Lipinski definition) is 4. The number of nitrogens with zero attached hydrogens (tertiary/aromatic N) is 2. The molecule has 1 heterocycles. The molecule has 0 saturated heterocycles. The molecule has 0 saturated carbocycles. The lowest BCUT2D eigenvalue weighted by Gasteiger charge is -2.13. The van der Waals surface area contributed by atoms with Gasteiger partial charge in [0.2, 0.25) is 5.88 Å². The van der Waals surface area contributed by atoms with Gasteiger partial charge in [-0.05, 0) is 48.5 Å².